The molecule has 10 heteroatoms. The zero-order chi connectivity index (χ0) is 22.3. The fourth-order valence-corrected chi connectivity index (χ4v) is 4.02. The lowest BCUT2D eigenvalue weighted by Gasteiger charge is -2.35. The van der Waals surface area contributed by atoms with Crippen LogP contribution in [0.5, 0.6) is 0 Å². The highest BCUT2D eigenvalue weighted by atomic mass is 127. The second-order valence-corrected chi connectivity index (χ2v) is 8.25. The van der Waals surface area contributed by atoms with Crippen LogP contribution in [-0.4, -0.2) is 93.7 Å². The molecule has 0 saturated carbocycles. The van der Waals surface area contributed by atoms with E-state index in [2.05, 4.69) is 32.1 Å². The molecule has 0 aliphatic carbocycles. The predicted octanol–water partition coefficient (Wildman–Crippen LogP) is 3.30. The Morgan fingerprint density at radius 3 is 2.59 bits per heavy atom. The topological polar surface area (TPSA) is 43.3 Å². The lowest BCUT2D eigenvalue weighted by molar-refractivity contribution is -0.137. The Labute approximate surface area is 206 Å². The van der Waals surface area contributed by atoms with Crippen LogP contribution in [0.25, 0.3) is 0 Å². The van der Waals surface area contributed by atoms with Gasteiger partial charge in [-0.3, -0.25) is 4.99 Å². The number of likely N-dealkylation sites (N-methyl/N-ethyl adjacent to an activating group) is 1. The number of hydrogen-bond acceptors (Lipinski definition) is 4. The molecule has 0 bridgehead atoms. The molecule has 0 spiro atoms. The van der Waals surface area contributed by atoms with Crippen molar-refractivity contribution in [3.63, 3.8) is 0 Å². The number of benzene rings is 1. The van der Waals surface area contributed by atoms with Gasteiger partial charge in [0.2, 0.25) is 0 Å². The van der Waals surface area contributed by atoms with Gasteiger partial charge in [-0.25, -0.2) is 0 Å². The molecule has 2 saturated heterocycles. The summed E-state index contributed by atoms with van der Waals surface area (Å²) in [5.74, 6) is 0.778. The molecule has 1 aromatic rings. The normalized spacial score (nSPS) is 21.3. The summed E-state index contributed by atoms with van der Waals surface area (Å²) in [4.78, 5) is 11.3. The van der Waals surface area contributed by atoms with E-state index in [9.17, 15) is 13.2 Å². The molecule has 3 rings (SSSR count). The second kappa shape index (κ2) is 13.0. The van der Waals surface area contributed by atoms with Gasteiger partial charge in [0.15, 0.2) is 5.96 Å². The van der Waals surface area contributed by atoms with E-state index in [0.29, 0.717) is 25.3 Å². The summed E-state index contributed by atoms with van der Waals surface area (Å²) in [7, 11) is 3.90. The van der Waals surface area contributed by atoms with Crippen LogP contribution >= 0.6 is 24.0 Å². The van der Waals surface area contributed by atoms with E-state index in [1.165, 1.54) is 12.1 Å². The summed E-state index contributed by atoms with van der Waals surface area (Å²) in [5, 5.41) is 3.41. The largest absolute Gasteiger partial charge is 0.416 e. The van der Waals surface area contributed by atoms with Crippen molar-refractivity contribution in [2.75, 3.05) is 73.1 Å². The van der Waals surface area contributed by atoms with E-state index in [0.717, 1.165) is 64.1 Å². The molecular weight excluding hydrogens is 534 g/mol. The quantitative estimate of drug-likeness (QED) is 0.247. The van der Waals surface area contributed by atoms with Crippen LogP contribution in [0.2, 0.25) is 0 Å². The van der Waals surface area contributed by atoms with Crippen molar-refractivity contribution in [1.82, 2.24) is 20.0 Å². The maximum Gasteiger partial charge on any atom is 0.416 e. The number of ether oxygens (including phenoxy) is 1. The first kappa shape index (κ1) is 27.1. The monoisotopic (exact) mass is 569 g/mol. The van der Waals surface area contributed by atoms with Crippen molar-refractivity contribution in [1.29, 1.82) is 0 Å². The van der Waals surface area contributed by atoms with Crippen LogP contribution in [0.3, 0.4) is 0 Å². The van der Waals surface area contributed by atoms with Crippen molar-refractivity contribution in [2.24, 2.45) is 4.99 Å². The van der Waals surface area contributed by atoms with Gasteiger partial charge >= 0.3 is 6.18 Å². The van der Waals surface area contributed by atoms with Crippen LogP contribution in [0.1, 0.15) is 30.1 Å². The van der Waals surface area contributed by atoms with Crippen LogP contribution in [0.4, 0.5) is 13.2 Å². The van der Waals surface area contributed by atoms with Gasteiger partial charge < -0.3 is 24.8 Å². The van der Waals surface area contributed by atoms with E-state index in [-0.39, 0.29) is 24.0 Å². The molecule has 1 N–H and O–H groups in total. The minimum absolute atomic E-state index is 0. The number of hydrogen-bond donors (Lipinski definition) is 1. The number of unbranched alkanes of at least 4 members (excludes halogenated alkanes) is 1. The number of morpholine rings is 1. The van der Waals surface area contributed by atoms with Crippen LogP contribution in [0, 0.1) is 0 Å². The Hall–Kier alpha value is -1.11. The molecule has 182 valence electrons. The number of guanidine groups is 1. The average molecular weight is 569 g/mol. The maximum atomic E-state index is 13.0. The van der Waals surface area contributed by atoms with Gasteiger partial charge in [-0.15, -0.1) is 24.0 Å². The Kier molecular flexibility index (Phi) is 11.0. The fraction of sp³-hybridized carbons (Fsp3) is 0.682. The molecule has 1 aromatic carbocycles. The number of alkyl halides is 3. The van der Waals surface area contributed by atoms with Gasteiger partial charge in [-0.05, 0) is 44.1 Å². The molecule has 6 nitrogen and oxygen atoms in total. The highest BCUT2D eigenvalue weighted by molar-refractivity contribution is 14.0. The predicted molar refractivity (Wildman–Crippen MR) is 132 cm³/mol. The number of nitrogens with one attached hydrogen (secondary N) is 1. The van der Waals surface area contributed by atoms with Crippen molar-refractivity contribution >= 4 is 29.9 Å². The summed E-state index contributed by atoms with van der Waals surface area (Å²) in [6.45, 7) is 8.07. The first-order chi connectivity index (χ1) is 14.9. The molecule has 2 heterocycles. The molecule has 2 aliphatic rings. The van der Waals surface area contributed by atoms with Crippen molar-refractivity contribution < 1.29 is 17.9 Å². The van der Waals surface area contributed by atoms with Crippen molar-refractivity contribution in [2.45, 2.75) is 25.1 Å². The molecule has 1 unspecified atom stereocenters. The van der Waals surface area contributed by atoms with E-state index >= 15 is 0 Å². The second-order valence-electron chi connectivity index (χ2n) is 8.25. The van der Waals surface area contributed by atoms with Crippen molar-refractivity contribution in [3.8, 4) is 0 Å². The lowest BCUT2D eigenvalue weighted by atomic mass is 10.0. The van der Waals surface area contributed by atoms with Gasteiger partial charge in [0, 0.05) is 46.3 Å². The maximum absolute atomic E-state index is 13.0. The zero-order valence-corrected chi connectivity index (χ0v) is 21.2. The molecule has 32 heavy (non-hydrogen) atoms. The van der Waals surface area contributed by atoms with Crippen LogP contribution in [0.15, 0.2) is 29.3 Å². The van der Waals surface area contributed by atoms with Crippen LogP contribution in [-0.2, 0) is 10.9 Å². The van der Waals surface area contributed by atoms with E-state index in [1.807, 2.05) is 0 Å². The third kappa shape index (κ3) is 8.03. The average Bonchev–Trinajstić information content (AvgIpc) is 2.77. The molecule has 2 fully saturated rings. The summed E-state index contributed by atoms with van der Waals surface area (Å²) >= 11 is 0. The molecule has 0 amide bonds. The third-order valence-corrected chi connectivity index (χ3v) is 5.94. The van der Waals surface area contributed by atoms with Gasteiger partial charge in [0.05, 0.1) is 18.7 Å². The number of nitrogens with zero attached hydrogens (tertiary/aromatic N) is 4. The Balaban J connectivity index is 0.00000363. The summed E-state index contributed by atoms with van der Waals surface area (Å²) in [5.41, 5.74) is -0.101. The first-order valence-electron chi connectivity index (χ1n) is 11.0. The van der Waals surface area contributed by atoms with E-state index in [1.54, 1.807) is 13.1 Å². The minimum Gasteiger partial charge on any atom is -0.370 e. The number of aliphatic imine (C=N–C) groups is 1. The zero-order valence-electron chi connectivity index (χ0n) is 18.9. The molecule has 0 aromatic heterocycles. The highest BCUT2D eigenvalue weighted by Crippen LogP contribution is 2.32. The smallest absolute Gasteiger partial charge is 0.370 e. The van der Waals surface area contributed by atoms with Crippen molar-refractivity contribution in [3.05, 3.63) is 35.4 Å². The number of halogens is 4. The minimum atomic E-state index is -4.36. The van der Waals surface area contributed by atoms with Crippen LogP contribution < -0.4 is 5.32 Å². The van der Waals surface area contributed by atoms with Gasteiger partial charge in [0.1, 0.15) is 6.10 Å². The number of rotatable bonds is 6. The molecule has 2 aliphatic heterocycles. The lowest BCUT2D eigenvalue weighted by Crippen LogP contribution is -2.48. The van der Waals surface area contributed by atoms with Gasteiger partial charge in [-0.1, -0.05) is 12.1 Å². The summed E-state index contributed by atoms with van der Waals surface area (Å²) in [6.07, 6.45) is -2.59. The third-order valence-electron chi connectivity index (χ3n) is 5.94. The molecule has 1 atom stereocenters. The Morgan fingerprint density at radius 1 is 1.16 bits per heavy atom. The van der Waals surface area contributed by atoms with Gasteiger partial charge in [0.25, 0.3) is 0 Å². The summed E-state index contributed by atoms with van der Waals surface area (Å²) < 4.78 is 44.9. The first-order valence-corrected chi connectivity index (χ1v) is 11.0. The Bertz CT molecular complexity index is 726. The van der Waals surface area contributed by atoms with E-state index in [4.69, 9.17) is 4.74 Å². The fourth-order valence-electron chi connectivity index (χ4n) is 4.02. The molecular formula is C22H35F3IN5O. The molecule has 0 radical (unpaired) electrons. The Morgan fingerprint density at radius 2 is 1.91 bits per heavy atom. The van der Waals surface area contributed by atoms with E-state index < -0.39 is 17.8 Å². The standard InChI is InChI=1S/C22H34F3N5O.HI/c1-26-21(27-8-3-4-9-29-12-10-28(2)11-13-29)30-14-15-31-20(17-30)18-6-5-7-19(16-18)22(23,24)25;/h5-7,16,20H,3-4,8-15,17H2,1-2H3,(H,26,27);1H. The summed E-state index contributed by atoms with van der Waals surface area (Å²) in [6, 6.07) is 5.40. The van der Waals surface area contributed by atoms with Gasteiger partial charge in [-0.2, -0.15) is 13.2 Å². The highest BCUT2D eigenvalue weighted by Gasteiger charge is 2.32. The SMILES string of the molecule is CN=C(NCCCCN1CCN(C)CC1)N1CCOC(c2cccc(C(F)(F)F)c2)C1.I. The number of piperazine rings is 1.